The first-order chi connectivity index (χ1) is 12.0. The monoisotopic (exact) mass is 373 g/mol. The molecule has 0 aliphatic carbocycles. The van der Waals surface area contributed by atoms with Gasteiger partial charge in [-0.3, -0.25) is 9.36 Å². The SMILES string of the molecule is CC(C(=O)Nc1nc2ccc(Cl)cc2s1)n1c(=O)oc2ccccc21. The quantitative estimate of drug-likeness (QED) is 0.587. The van der Waals surface area contributed by atoms with E-state index in [9.17, 15) is 9.59 Å². The zero-order valence-electron chi connectivity index (χ0n) is 13.0. The number of oxazole rings is 1. The fourth-order valence-electron chi connectivity index (χ4n) is 2.63. The summed E-state index contributed by atoms with van der Waals surface area (Å²) in [5.74, 6) is -0.918. The van der Waals surface area contributed by atoms with Crippen LogP contribution in [0.25, 0.3) is 21.3 Å². The maximum absolute atomic E-state index is 12.6. The standard InChI is InChI=1S/C17H12ClN3O3S/c1-9(21-12-4-2-3-5-13(12)24-17(21)23)15(22)20-16-19-11-7-6-10(18)8-14(11)25-16/h2-9H,1H3,(H,19,20,22). The fraction of sp³-hybridized carbons (Fsp3) is 0.118. The summed E-state index contributed by atoms with van der Waals surface area (Å²) < 4.78 is 7.39. The number of benzene rings is 2. The molecule has 0 spiro atoms. The van der Waals surface area contributed by atoms with Crippen molar-refractivity contribution in [1.29, 1.82) is 0 Å². The van der Waals surface area contributed by atoms with E-state index in [-0.39, 0.29) is 5.91 Å². The van der Waals surface area contributed by atoms with Gasteiger partial charge in [0.1, 0.15) is 6.04 Å². The van der Waals surface area contributed by atoms with Gasteiger partial charge in [-0.15, -0.1) is 0 Å². The lowest BCUT2D eigenvalue weighted by Gasteiger charge is -2.11. The first-order valence-electron chi connectivity index (χ1n) is 7.50. The number of thiazole rings is 1. The molecule has 4 rings (SSSR count). The highest BCUT2D eigenvalue weighted by Crippen LogP contribution is 2.29. The number of para-hydroxylation sites is 2. The summed E-state index contributed by atoms with van der Waals surface area (Å²) in [4.78, 5) is 29.0. The molecule has 0 aliphatic heterocycles. The van der Waals surface area contributed by atoms with Crippen LogP contribution in [0.5, 0.6) is 0 Å². The fourth-order valence-corrected chi connectivity index (χ4v) is 3.77. The van der Waals surface area contributed by atoms with E-state index in [1.165, 1.54) is 15.9 Å². The van der Waals surface area contributed by atoms with Crippen molar-refractivity contribution in [1.82, 2.24) is 9.55 Å². The van der Waals surface area contributed by atoms with Gasteiger partial charge in [-0.05, 0) is 37.3 Å². The van der Waals surface area contributed by atoms with E-state index in [0.29, 0.717) is 21.3 Å². The van der Waals surface area contributed by atoms with Crippen molar-refractivity contribution in [3.8, 4) is 0 Å². The van der Waals surface area contributed by atoms with Crippen LogP contribution in [0.1, 0.15) is 13.0 Å². The van der Waals surface area contributed by atoms with Crippen LogP contribution in [-0.2, 0) is 4.79 Å². The summed E-state index contributed by atoms with van der Waals surface area (Å²) in [5.41, 5.74) is 1.77. The first-order valence-corrected chi connectivity index (χ1v) is 8.69. The summed E-state index contributed by atoms with van der Waals surface area (Å²) in [6, 6.07) is 11.6. The lowest BCUT2D eigenvalue weighted by Crippen LogP contribution is -2.29. The molecular formula is C17H12ClN3O3S. The minimum atomic E-state index is -0.744. The number of carbonyl (C=O) groups is 1. The van der Waals surface area contributed by atoms with Gasteiger partial charge in [-0.25, -0.2) is 9.78 Å². The molecule has 1 N–H and O–H groups in total. The molecular weight excluding hydrogens is 362 g/mol. The van der Waals surface area contributed by atoms with Crippen LogP contribution in [0, 0.1) is 0 Å². The molecule has 8 heteroatoms. The number of amides is 1. The highest BCUT2D eigenvalue weighted by molar-refractivity contribution is 7.22. The molecule has 1 atom stereocenters. The van der Waals surface area contributed by atoms with Gasteiger partial charge in [0, 0.05) is 5.02 Å². The number of anilines is 1. The van der Waals surface area contributed by atoms with Gasteiger partial charge in [0.15, 0.2) is 10.7 Å². The molecule has 1 unspecified atom stereocenters. The molecule has 0 fully saturated rings. The van der Waals surface area contributed by atoms with Crippen LogP contribution in [0.2, 0.25) is 5.02 Å². The zero-order chi connectivity index (χ0) is 17.6. The van der Waals surface area contributed by atoms with Gasteiger partial charge in [0.25, 0.3) is 0 Å². The molecule has 0 radical (unpaired) electrons. The van der Waals surface area contributed by atoms with Gasteiger partial charge in [0.05, 0.1) is 15.7 Å². The molecule has 0 bridgehead atoms. The average Bonchev–Trinajstić information content (AvgIpc) is 3.12. The molecule has 2 aromatic heterocycles. The topological polar surface area (TPSA) is 77.1 Å². The number of aromatic nitrogens is 2. The minimum Gasteiger partial charge on any atom is -0.408 e. The van der Waals surface area contributed by atoms with E-state index >= 15 is 0 Å². The number of halogens is 1. The van der Waals surface area contributed by atoms with Gasteiger partial charge in [-0.1, -0.05) is 35.1 Å². The second kappa shape index (κ2) is 6.02. The number of fused-ring (bicyclic) bond motifs is 2. The maximum atomic E-state index is 12.6. The number of nitrogens with one attached hydrogen (secondary N) is 1. The lowest BCUT2D eigenvalue weighted by molar-refractivity contribution is -0.118. The molecule has 25 heavy (non-hydrogen) atoms. The summed E-state index contributed by atoms with van der Waals surface area (Å²) in [7, 11) is 0. The molecule has 0 saturated heterocycles. The molecule has 6 nitrogen and oxygen atoms in total. The van der Waals surface area contributed by atoms with Crippen molar-refractivity contribution in [3.63, 3.8) is 0 Å². The second-order valence-corrected chi connectivity index (χ2v) is 6.97. The van der Waals surface area contributed by atoms with Crippen LogP contribution >= 0.6 is 22.9 Å². The number of hydrogen-bond acceptors (Lipinski definition) is 5. The summed E-state index contributed by atoms with van der Waals surface area (Å²) in [6.45, 7) is 1.64. The van der Waals surface area contributed by atoms with Gasteiger partial charge >= 0.3 is 5.76 Å². The Hall–Kier alpha value is -2.64. The Morgan fingerprint density at radius 1 is 1.32 bits per heavy atom. The molecule has 2 aromatic carbocycles. The Labute approximate surface area is 150 Å². The van der Waals surface area contributed by atoms with Crippen molar-refractivity contribution >= 4 is 55.3 Å². The van der Waals surface area contributed by atoms with E-state index in [1.54, 1.807) is 49.4 Å². The molecule has 1 amide bonds. The summed E-state index contributed by atoms with van der Waals surface area (Å²) >= 11 is 7.29. The van der Waals surface area contributed by atoms with E-state index in [4.69, 9.17) is 16.0 Å². The van der Waals surface area contributed by atoms with E-state index in [1.807, 2.05) is 0 Å². The normalized spacial score (nSPS) is 12.6. The number of hydrogen-bond donors (Lipinski definition) is 1. The maximum Gasteiger partial charge on any atom is 0.420 e. The van der Waals surface area contributed by atoms with Crippen molar-refractivity contribution in [2.24, 2.45) is 0 Å². The van der Waals surface area contributed by atoms with Crippen LogP contribution < -0.4 is 11.1 Å². The van der Waals surface area contributed by atoms with Gasteiger partial charge < -0.3 is 9.73 Å². The van der Waals surface area contributed by atoms with Crippen LogP contribution in [0.3, 0.4) is 0 Å². The Kier molecular flexibility index (Phi) is 3.82. The lowest BCUT2D eigenvalue weighted by atomic mass is 10.2. The Morgan fingerprint density at radius 3 is 2.96 bits per heavy atom. The number of nitrogens with zero attached hydrogens (tertiary/aromatic N) is 2. The second-order valence-electron chi connectivity index (χ2n) is 5.50. The van der Waals surface area contributed by atoms with Crippen LogP contribution in [-0.4, -0.2) is 15.5 Å². The van der Waals surface area contributed by atoms with Crippen LogP contribution in [0.15, 0.2) is 51.7 Å². The van der Waals surface area contributed by atoms with Crippen molar-refractivity contribution in [3.05, 3.63) is 58.0 Å². The zero-order valence-corrected chi connectivity index (χ0v) is 14.6. The number of carbonyl (C=O) groups excluding carboxylic acids is 1. The van der Waals surface area contributed by atoms with Crippen molar-refractivity contribution in [2.45, 2.75) is 13.0 Å². The van der Waals surface area contributed by atoms with E-state index < -0.39 is 11.8 Å². The average molecular weight is 374 g/mol. The smallest absolute Gasteiger partial charge is 0.408 e. The highest BCUT2D eigenvalue weighted by Gasteiger charge is 2.22. The molecule has 2 heterocycles. The van der Waals surface area contributed by atoms with Gasteiger partial charge in [0.2, 0.25) is 5.91 Å². The van der Waals surface area contributed by atoms with Crippen molar-refractivity contribution in [2.75, 3.05) is 5.32 Å². The largest absolute Gasteiger partial charge is 0.420 e. The van der Waals surface area contributed by atoms with Gasteiger partial charge in [-0.2, -0.15) is 0 Å². The molecule has 0 aliphatic rings. The molecule has 126 valence electrons. The molecule has 4 aromatic rings. The van der Waals surface area contributed by atoms with E-state index in [0.717, 1.165) is 10.2 Å². The van der Waals surface area contributed by atoms with E-state index in [2.05, 4.69) is 10.3 Å². The highest BCUT2D eigenvalue weighted by atomic mass is 35.5. The minimum absolute atomic E-state index is 0.348. The third-order valence-electron chi connectivity index (χ3n) is 3.87. The number of rotatable bonds is 3. The third-order valence-corrected chi connectivity index (χ3v) is 5.03. The first kappa shape index (κ1) is 15.9. The predicted molar refractivity (Wildman–Crippen MR) is 98.4 cm³/mol. The predicted octanol–water partition coefficient (Wildman–Crippen LogP) is 4.06. The summed E-state index contributed by atoms with van der Waals surface area (Å²) in [5, 5.41) is 3.82. The van der Waals surface area contributed by atoms with Crippen molar-refractivity contribution < 1.29 is 9.21 Å². The molecule has 0 saturated carbocycles. The summed E-state index contributed by atoms with van der Waals surface area (Å²) in [6.07, 6.45) is 0. The Bertz CT molecular complexity index is 1160. The van der Waals surface area contributed by atoms with Crippen LogP contribution in [0.4, 0.5) is 5.13 Å². The Balaban J connectivity index is 1.65. The third kappa shape index (κ3) is 2.81. The Morgan fingerprint density at radius 2 is 2.12 bits per heavy atom.